The molecule has 6 nitrogen and oxygen atoms in total. The fraction of sp³-hybridized carbons (Fsp3) is 0.462. The van der Waals surface area contributed by atoms with Crippen LogP contribution in [0.15, 0.2) is 54.6 Å². The number of nitrogens with zero attached hydrogens (tertiary/aromatic N) is 3. The lowest BCUT2D eigenvalue weighted by Gasteiger charge is -2.34. The topological polar surface area (TPSA) is 55.9 Å². The lowest BCUT2D eigenvalue weighted by atomic mass is 10.1. The summed E-state index contributed by atoms with van der Waals surface area (Å²) >= 11 is 0. The Hall–Kier alpha value is -2.70. The van der Waals surface area contributed by atoms with Crippen LogP contribution >= 0.6 is 0 Å². The second kappa shape index (κ2) is 10.7. The van der Waals surface area contributed by atoms with Gasteiger partial charge in [-0.15, -0.1) is 0 Å². The quantitative estimate of drug-likeness (QED) is 0.728. The molecular weight excluding hydrogens is 400 g/mol. The standard InChI is InChI=1S/C26H34N4O2/c1-2-28-15-17-29(18-16-28)20-22-12-10-21(11-13-22)19-27-25(31)24-9-6-14-30(24)26(32)23-7-4-3-5-8-23/h3-5,7-8,10-13,24H,2,6,9,14-20H2,1H3,(H,27,31). The van der Waals surface area contributed by atoms with E-state index in [0.717, 1.165) is 51.3 Å². The summed E-state index contributed by atoms with van der Waals surface area (Å²) in [7, 11) is 0. The van der Waals surface area contributed by atoms with Crippen molar-refractivity contribution in [1.82, 2.24) is 20.0 Å². The lowest BCUT2D eigenvalue weighted by molar-refractivity contribution is -0.125. The monoisotopic (exact) mass is 434 g/mol. The summed E-state index contributed by atoms with van der Waals surface area (Å²) in [5, 5.41) is 3.04. The Labute approximate surface area is 191 Å². The first kappa shape index (κ1) is 22.5. The van der Waals surface area contributed by atoms with E-state index in [4.69, 9.17) is 0 Å². The summed E-state index contributed by atoms with van der Waals surface area (Å²) in [5.41, 5.74) is 3.02. The largest absolute Gasteiger partial charge is 0.350 e. The van der Waals surface area contributed by atoms with Gasteiger partial charge in [0.05, 0.1) is 0 Å². The molecule has 1 unspecified atom stereocenters. The highest BCUT2D eigenvalue weighted by molar-refractivity contribution is 5.97. The number of carbonyl (C=O) groups is 2. The zero-order valence-corrected chi connectivity index (χ0v) is 19.0. The van der Waals surface area contributed by atoms with E-state index in [9.17, 15) is 9.59 Å². The van der Waals surface area contributed by atoms with Crippen LogP contribution in [0.4, 0.5) is 0 Å². The van der Waals surface area contributed by atoms with Crippen LogP contribution in [-0.2, 0) is 17.9 Å². The zero-order chi connectivity index (χ0) is 22.3. The predicted octanol–water partition coefficient (Wildman–Crippen LogP) is 2.75. The van der Waals surface area contributed by atoms with Crippen LogP contribution in [0.2, 0.25) is 0 Å². The Morgan fingerprint density at radius 1 is 0.875 bits per heavy atom. The second-order valence-corrected chi connectivity index (χ2v) is 8.77. The molecule has 1 N–H and O–H groups in total. The van der Waals surface area contributed by atoms with Gasteiger partial charge in [0.2, 0.25) is 5.91 Å². The summed E-state index contributed by atoms with van der Waals surface area (Å²) in [6, 6.07) is 17.3. The number of rotatable bonds is 7. The minimum absolute atomic E-state index is 0.0626. The number of hydrogen-bond donors (Lipinski definition) is 1. The van der Waals surface area contributed by atoms with Crippen LogP contribution in [0.3, 0.4) is 0 Å². The molecule has 0 radical (unpaired) electrons. The summed E-state index contributed by atoms with van der Waals surface area (Å²) in [5.74, 6) is -0.128. The van der Waals surface area contributed by atoms with Crippen molar-refractivity contribution in [1.29, 1.82) is 0 Å². The molecule has 1 atom stereocenters. The van der Waals surface area contributed by atoms with Gasteiger partial charge in [-0.25, -0.2) is 0 Å². The maximum atomic E-state index is 12.8. The summed E-state index contributed by atoms with van der Waals surface area (Å²) in [6.07, 6.45) is 1.58. The Bertz CT molecular complexity index is 892. The van der Waals surface area contributed by atoms with Crippen molar-refractivity contribution < 1.29 is 9.59 Å². The average Bonchev–Trinajstić information content (AvgIpc) is 3.34. The number of likely N-dealkylation sites (tertiary alicyclic amines) is 1. The molecule has 2 aliphatic heterocycles. The van der Waals surface area contributed by atoms with Crippen molar-refractivity contribution in [3.8, 4) is 0 Å². The Morgan fingerprint density at radius 3 is 2.22 bits per heavy atom. The van der Waals surface area contributed by atoms with Crippen molar-refractivity contribution in [3.63, 3.8) is 0 Å². The molecule has 2 heterocycles. The molecule has 4 rings (SSSR count). The normalized spacial score (nSPS) is 19.8. The Balaban J connectivity index is 1.27. The van der Waals surface area contributed by atoms with Gasteiger partial charge < -0.3 is 15.1 Å². The molecule has 0 aliphatic carbocycles. The predicted molar refractivity (Wildman–Crippen MR) is 126 cm³/mol. The van der Waals surface area contributed by atoms with Crippen molar-refractivity contribution in [3.05, 3.63) is 71.3 Å². The third kappa shape index (κ3) is 5.56. The Morgan fingerprint density at radius 2 is 1.53 bits per heavy atom. The number of carbonyl (C=O) groups excluding carboxylic acids is 2. The summed E-state index contributed by atoms with van der Waals surface area (Å²) in [4.78, 5) is 32.3. The van der Waals surface area contributed by atoms with Crippen LogP contribution in [0, 0.1) is 0 Å². The number of amides is 2. The molecule has 170 valence electrons. The molecule has 0 bridgehead atoms. The van der Waals surface area contributed by atoms with Gasteiger partial charge in [0.15, 0.2) is 0 Å². The van der Waals surface area contributed by atoms with Crippen molar-refractivity contribution in [2.45, 2.75) is 38.9 Å². The van der Waals surface area contributed by atoms with Crippen LogP contribution in [-0.4, -0.2) is 71.8 Å². The molecule has 2 aliphatic rings. The van der Waals surface area contributed by atoms with Crippen molar-refractivity contribution >= 4 is 11.8 Å². The molecule has 2 saturated heterocycles. The van der Waals surface area contributed by atoms with E-state index < -0.39 is 0 Å². The van der Waals surface area contributed by atoms with Gasteiger partial charge in [-0.3, -0.25) is 14.5 Å². The van der Waals surface area contributed by atoms with Gasteiger partial charge in [0.25, 0.3) is 5.91 Å². The summed E-state index contributed by atoms with van der Waals surface area (Å²) in [6.45, 7) is 9.97. The van der Waals surface area contributed by atoms with Gasteiger partial charge in [0, 0.05) is 51.4 Å². The zero-order valence-electron chi connectivity index (χ0n) is 19.0. The average molecular weight is 435 g/mol. The fourth-order valence-corrected chi connectivity index (χ4v) is 4.62. The van der Waals surface area contributed by atoms with Gasteiger partial charge >= 0.3 is 0 Å². The SMILES string of the molecule is CCN1CCN(Cc2ccc(CNC(=O)C3CCCN3C(=O)c3ccccc3)cc2)CC1. The molecule has 2 aromatic rings. The molecule has 0 saturated carbocycles. The smallest absolute Gasteiger partial charge is 0.254 e. The van der Waals surface area contributed by atoms with Crippen LogP contribution < -0.4 is 5.32 Å². The van der Waals surface area contributed by atoms with E-state index in [1.165, 1.54) is 5.56 Å². The minimum Gasteiger partial charge on any atom is -0.350 e. The number of likely N-dealkylation sites (N-methyl/N-ethyl adjacent to an activating group) is 1. The van der Waals surface area contributed by atoms with E-state index in [2.05, 4.69) is 46.3 Å². The molecule has 0 spiro atoms. The van der Waals surface area contributed by atoms with Crippen molar-refractivity contribution in [2.24, 2.45) is 0 Å². The minimum atomic E-state index is -0.385. The maximum Gasteiger partial charge on any atom is 0.254 e. The third-order valence-electron chi connectivity index (χ3n) is 6.65. The van der Waals surface area contributed by atoms with E-state index in [0.29, 0.717) is 25.1 Å². The highest BCUT2D eigenvalue weighted by Crippen LogP contribution is 2.20. The van der Waals surface area contributed by atoms with Gasteiger partial charge in [-0.1, -0.05) is 49.4 Å². The van der Waals surface area contributed by atoms with E-state index in [1.807, 2.05) is 18.2 Å². The molecule has 2 fully saturated rings. The highest BCUT2D eigenvalue weighted by atomic mass is 16.2. The first-order chi connectivity index (χ1) is 15.6. The first-order valence-corrected chi connectivity index (χ1v) is 11.8. The van der Waals surface area contributed by atoms with Crippen LogP contribution in [0.25, 0.3) is 0 Å². The van der Waals surface area contributed by atoms with Crippen LogP contribution in [0.1, 0.15) is 41.3 Å². The van der Waals surface area contributed by atoms with Gasteiger partial charge in [-0.2, -0.15) is 0 Å². The molecular formula is C26H34N4O2. The molecule has 0 aromatic heterocycles. The number of hydrogen-bond acceptors (Lipinski definition) is 4. The van der Waals surface area contributed by atoms with Crippen LogP contribution in [0.5, 0.6) is 0 Å². The fourth-order valence-electron chi connectivity index (χ4n) is 4.62. The van der Waals surface area contributed by atoms with E-state index in [1.54, 1.807) is 17.0 Å². The second-order valence-electron chi connectivity index (χ2n) is 8.77. The lowest BCUT2D eigenvalue weighted by Crippen LogP contribution is -2.45. The van der Waals surface area contributed by atoms with Gasteiger partial charge in [-0.05, 0) is 42.6 Å². The Kier molecular flexibility index (Phi) is 7.55. The molecule has 6 heteroatoms. The van der Waals surface area contributed by atoms with E-state index >= 15 is 0 Å². The van der Waals surface area contributed by atoms with Gasteiger partial charge in [0.1, 0.15) is 6.04 Å². The maximum absolute atomic E-state index is 12.8. The molecule has 2 aromatic carbocycles. The van der Waals surface area contributed by atoms with E-state index in [-0.39, 0.29) is 17.9 Å². The van der Waals surface area contributed by atoms with Crippen molar-refractivity contribution in [2.75, 3.05) is 39.3 Å². The number of benzene rings is 2. The summed E-state index contributed by atoms with van der Waals surface area (Å²) < 4.78 is 0. The number of nitrogens with one attached hydrogen (secondary N) is 1. The molecule has 2 amide bonds. The first-order valence-electron chi connectivity index (χ1n) is 11.8. The molecule has 32 heavy (non-hydrogen) atoms. The highest BCUT2D eigenvalue weighted by Gasteiger charge is 2.34. The third-order valence-corrected chi connectivity index (χ3v) is 6.65. The number of piperazine rings is 1.